The van der Waals surface area contributed by atoms with Gasteiger partial charge in [0.2, 0.25) is 6.29 Å². The monoisotopic (exact) mass is 323 g/mol. The van der Waals surface area contributed by atoms with Crippen LogP contribution in [0.5, 0.6) is 0 Å². The maximum atomic E-state index is 12.9. The van der Waals surface area contributed by atoms with Gasteiger partial charge in [0.25, 0.3) is 5.91 Å². The molecule has 2 atom stereocenters. The van der Waals surface area contributed by atoms with Gasteiger partial charge in [0.1, 0.15) is 6.04 Å². The van der Waals surface area contributed by atoms with E-state index in [1.54, 1.807) is 30.3 Å². The molecule has 0 aliphatic rings. The highest BCUT2D eigenvalue weighted by molar-refractivity contribution is 5.93. The normalized spacial score (nSPS) is 12.9. The fourth-order valence-corrected chi connectivity index (χ4v) is 2.26. The van der Waals surface area contributed by atoms with Crippen LogP contribution in [0, 0.1) is 0 Å². The Bertz CT molecular complexity index is 670. The number of methoxy groups -OCH3 is 1. The van der Waals surface area contributed by atoms with Crippen molar-refractivity contribution in [3.63, 3.8) is 0 Å². The third-order valence-corrected chi connectivity index (χ3v) is 3.48. The fraction of sp³-hybridized carbons (Fsp3) is 0.150. The number of hydrogen-bond donors (Lipinski definition) is 0. The zero-order chi connectivity index (χ0) is 17.4. The van der Waals surface area contributed by atoms with Gasteiger partial charge in [-0.05, 0) is 23.8 Å². The molecule has 0 aliphatic heterocycles. The number of carbonyl (C=O) groups is 1. The molecule has 4 heteroatoms. The van der Waals surface area contributed by atoms with E-state index in [9.17, 15) is 4.79 Å². The van der Waals surface area contributed by atoms with Crippen molar-refractivity contribution in [2.45, 2.75) is 12.3 Å². The van der Waals surface area contributed by atoms with Crippen molar-refractivity contribution in [1.29, 1.82) is 0 Å². The summed E-state index contributed by atoms with van der Waals surface area (Å²) in [7, 11) is 1.49. The Balaban J connectivity index is 2.39. The predicted octanol–water partition coefficient (Wildman–Crippen LogP) is 4.15. The first-order valence-electron chi connectivity index (χ1n) is 7.59. The largest absolute Gasteiger partial charge is 0.350 e. The van der Waals surface area contributed by atoms with E-state index >= 15 is 0 Å². The van der Waals surface area contributed by atoms with Gasteiger partial charge in [0, 0.05) is 12.7 Å². The highest BCUT2D eigenvalue weighted by atomic mass is 16.8. The SMILES string of the molecule is C=CC(OC)ON(C(=O)c1ccccc1)C(C=C)c1ccccc1. The molecule has 2 aromatic rings. The summed E-state index contributed by atoms with van der Waals surface area (Å²) in [5.74, 6) is -0.284. The third kappa shape index (κ3) is 4.19. The highest BCUT2D eigenvalue weighted by Crippen LogP contribution is 2.25. The minimum atomic E-state index is -0.746. The molecule has 124 valence electrons. The molecule has 0 bridgehead atoms. The minimum Gasteiger partial charge on any atom is -0.350 e. The number of hydroxylamine groups is 2. The van der Waals surface area contributed by atoms with Crippen LogP contribution in [0.15, 0.2) is 86.0 Å². The Hall–Kier alpha value is -2.69. The number of nitrogens with zero attached hydrogens (tertiary/aromatic N) is 1. The van der Waals surface area contributed by atoms with E-state index in [1.165, 1.54) is 18.2 Å². The summed E-state index contributed by atoms with van der Waals surface area (Å²) in [4.78, 5) is 18.7. The Kier molecular flexibility index (Phi) is 6.49. The van der Waals surface area contributed by atoms with E-state index < -0.39 is 12.3 Å². The maximum Gasteiger partial charge on any atom is 0.278 e. The summed E-state index contributed by atoms with van der Waals surface area (Å²) in [6, 6.07) is 18.0. The first-order valence-corrected chi connectivity index (χ1v) is 7.59. The quantitative estimate of drug-likeness (QED) is 0.416. The molecular weight excluding hydrogens is 302 g/mol. The van der Waals surface area contributed by atoms with Crippen LogP contribution >= 0.6 is 0 Å². The molecule has 0 aromatic heterocycles. The molecule has 1 amide bonds. The second-order valence-electron chi connectivity index (χ2n) is 5.03. The van der Waals surface area contributed by atoms with Crippen molar-refractivity contribution < 1.29 is 14.4 Å². The third-order valence-electron chi connectivity index (χ3n) is 3.48. The van der Waals surface area contributed by atoms with Crippen molar-refractivity contribution in [3.05, 3.63) is 97.1 Å². The zero-order valence-electron chi connectivity index (χ0n) is 13.7. The molecule has 2 unspecified atom stereocenters. The average molecular weight is 323 g/mol. The summed E-state index contributed by atoms with van der Waals surface area (Å²) in [6.45, 7) is 7.51. The van der Waals surface area contributed by atoms with Gasteiger partial charge in [0.15, 0.2) is 0 Å². The predicted molar refractivity (Wildman–Crippen MR) is 94.1 cm³/mol. The van der Waals surface area contributed by atoms with Gasteiger partial charge in [0.05, 0.1) is 0 Å². The van der Waals surface area contributed by atoms with Crippen LogP contribution in [0.2, 0.25) is 0 Å². The maximum absolute atomic E-state index is 12.9. The summed E-state index contributed by atoms with van der Waals surface area (Å²) in [6.07, 6.45) is 2.39. The van der Waals surface area contributed by atoms with Crippen LogP contribution in [0.1, 0.15) is 22.0 Å². The molecule has 0 aliphatic carbocycles. The van der Waals surface area contributed by atoms with Crippen molar-refractivity contribution in [2.24, 2.45) is 0 Å². The molecule has 0 spiro atoms. The molecule has 0 N–H and O–H groups in total. The highest BCUT2D eigenvalue weighted by Gasteiger charge is 2.27. The number of benzene rings is 2. The van der Waals surface area contributed by atoms with E-state index in [4.69, 9.17) is 9.57 Å². The van der Waals surface area contributed by atoms with Crippen LogP contribution in [0.25, 0.3) is 0 Å². The van der Waals surface area contributed by atoms with E-state index in [0.29, 0.717) is 5.56 Å². The molecule has 0 saturated heterocycles. The van der Waals surface area contributed by atoms with Crippen molar-refractivity contribution in [1.82, 2.24) is 5.06 Å². The number of amides is 1. The van der Waals surface area contributed by atoms with Crippen LogP contribution in [-0.2, 0) is 9.57 Å². The fourth-order valence-electron chi connectivity index (χ4n) is 2.26. The minimum absolute atomic E-state index is 0.284. The van der Waals surface area contributed by atoms with Crippen LogP contribution < -0.4 is 0 Å². The molecule has 4 nitrogen and oxygen atoms in total. The molecule has 2 rings (SSSR count). The topological polar surface area (TPSA) is 38.8 Å². The van der Waals surface area contributed by atoms with Gasteiger partial charge in [-0.25, -0.2) is 9.90 Å². The molecule has 0 radical (unpaired) electrons. The first kappa shape index (κ1) is 17.7. The average Bonchev–Trinajstić information content (AvgIpc) is 2.66. The van der Waals surface area contributed by atoms with Crippen LogP contribution in [0.3, 0.4) is 0 Å². The van der Waals surface area contributed by atoms with Crippen molar-refractivity contribution in [2.75, 3.05) is 7.11 Å². The van der Waals surface area contributed by atoms with Gasteiger partial charge in [-0.3, -0.25) is 4.79 Å². The lowest BCUT2D eigenvalue weighted by molar-refractivity contribution is -0.237. The molecule has 0 saturated carbocycles. The number of hydrogen-bond acceptors (Lipinski definition) is 3. The Morgan fingerprint density at radius 3 is 2.08 bits per heavy atom. The van der Waals surface area contributed by atoms with Gasteiger partial charge >= 0.3 is 0 Å². The molecule has 24 heavy (non-hydrogen) atoms. The van der Waals surface area contributed by atoms with E-state index in [-0.39, 0.29) is 5.91 Å². The smallest absolute Gasteiger partial charge is 0.278 e. The first-order chi connectivity index (χ1) is 11.7. The van der Waals surface area contributed by atoms with E-state index in [0.717, 1.165) is 5.56 Å². The Morgan fingerprint density at radius 2 is 1.58 bits per heavy atom. The molecule has 0 heterocycles. The molecular formula is C20H21NO3. The second kappa shape index (κ2) is 8.82. The van der Waals surface area contributed by atoms with Crippen LogP contribution in [-0.4, -0.2) is 24.4 Å². The number of ether oxygens (including phenoxy) is 1. The van der Waals surface area contributed by atoms with E-state index in [1.807, 2.05) is 36.4 Å². The van der Waals surface area contributed by atoms with Crippen molar-refractivity contribution >= 4 is 5.91 Å². The Morgan fingerprint density at radius 1 is 1.00 bits per heavy atom. The summed E-state index contributed by atoms with van der Waals surface area (Å²) in [5, 5.41) is 1.27. The summed E-state index contributed by atoms with van der Waals surface area (Å²) < 4.78 is 5.18. The van der Waals surface area contributed by atoms with Gasteiger partial charge in [-0.1, -0.05) is 61.2 Å². The van der Waals surface area contributed by atoms with Gasteiger partial charge < -0.3 is 4.74 Å². The second-order valence-corrected chi connectivity index (χ2v) is 5.03. The molecule has 0 fully saturated rings. The molecule has 2 aromatic carbocycles. The van der Waals surface area contributed by atoms with Gasteiger partial charge in [-0.15, -0.1) is 6.58 Å². The zero-order valence-corrected chi connectivity index (χ0v) is 13.7. The lowest BCUT2D eigenvalue weighted by atomic mass is 10.1. The lowest BCUT2D eigenvalue weighted by Gasteiger charge is -2.31. The lowest BCUT2D eigenvalue weighted by Crippen LogP contribution is -2.37. The van der Waals surface area contributed by atoms with Crippen molar-refractivity contribution in [3.8, 4) is 0 Å². The number of carbonyl (C=O) groups excluding carboxylic acids is 1. The summed E-state index contributed by atoms with van der Waals surface area (Å²) in [5.41, 5.74) is 1.40. The standard InChI is InChI=1S/C20H21NO3/c1-4-18(16-12-8-6-9-13-16)21(24-19(5-2)23-3)20(22)17-14-10-7-11-15-17/h4-15,18-19H,1-2H2,3H3. The number of rotatable bonds is 8. The summed E-state index contributed by atoms with van der Waals surface area (Å²) >= 11 is 0. The van der Waals surface area contributed by atoms with E-state index in [2.05, 4.69) is 13.2 Å². The van der Waals surface area contributed by atoms with Gasteiger partial charge in [-0.2, -0.15) is 0 Å². The van der Waals surface area contributed by atoms with Crippen LogP contribution in [0.4, 0.5) is 0 Å². The Labute approximate surface area is 142 Å².